The van der Waals surface area contributed by atoms with Crippen LogP contribution in [-0.4, -0.2) is 15.2 Å². The summed E-state index contributed by atoms with van der Waals surface area (Å²) >= 11 is 0. The van der Waals surface area contributed by atoms with Crippen LogP contribution < -0.4 is 0 Å². The minimum atomic E-state index is 0.769. The lowest BCUT2D eigenvalue weighted by molar-refractivity contribution is 0.604. The van der Waals surface area contributed by atoms with E-state index in [1.165, 1.54) is 6.39 Å². The van der Waals surface area contributed by atoms with Gasteiger partial charge in [0.05, 0.1) is 6.20 Å². The van der Waals surface area contributed by atoms with E-state index in [4.69, 9.17) is 4.42 Å². The number of rotatable bonds is 0. The van der Waals surface area contributed by atoms with Crippen LogP contribution in [0.5, 0.6) is 0 Å². The summed E-state index contributed by atoms with van der Waals surface area (Å²) in [5, 5.41) is 7.82. The van der Waals surface area contributed by atoms with Crippen LogP contribution in [0, 0.1) is 0 Å². The largest absolute Gasteiger partial charge is 0.441 e. The van der Waals surface area contributed by atoms with E-state index in [0.29, 0.717) is 0 Å². The van der Waals surface area contributed by atoms with E-state index in [2.05, 4.69) is 15.2 Å². The Morgan fingerprint density at radius 2 is 2.33 bits per heavy atom. The number of oxazole rings is 1. The van der Waals surface area contributed by atoms with Gasteiger partial charge < -0.3 is 4.42 Å². The number of hydrogen-bond acceptors (Lipinski definition) is 3. The molecule has 12 heavy (non-hydrogen) atoms. The molecule has 0 saturated heterocycles. The minimum Gasteiger partial charge on any atom is -0.441 e. The standard InChI is InChI=1S/C8H5N3O/c1-2-6-8(12-4-9-6)7-5(1)3-10-11-7/h1-4H,(H,10,11). The van der Waals surface area contributed by atoms with Crippen molar-refractivity contribution in [2.45, 2.75) is 0 Å². The summed E-state index contributed by atoms with van der Waals surface area (Å²) in [5.41, 5.74) is 2.53. The van der Waals surface area contributed by atoms with Crippen LogP contribution in [0.2, 0.25) is 0 Å². The maximum Gasteiger partial charge on any atom is 0.182 e. The molecule has 0 amide bonds. The van der Waals surface area contributed by atoms with Crippen molar-refractivity contribution in [3.05, 3.63) is 24.7 Å². The number of aromatic amines is 1. The summed E-state index contributed by atoms with van der Waals surface area (Å²) in [6, 6.07) is 3.88. The quantitative estimate of drug-likeness (QED) is 0.543. The fraction of sp³-hybridized carbons (Fsp3) is 0. The van der Waals surface area contributed by atoms with Gasteiger partial charge in [0.2, 0.25) is 0 Å². The molecule has 58 valence electrons. The Hall–Kier alpha value is -1.84. The molecule has 3 aromatic rings. The Morgan fingerprint density at radius 1 is 1.33 bits per heavy atom. The van der Waals surface area contributed by atoms with Gasteiger partial charge in [-0.25, -0.2) is 4.98 Å². The van der Waals surface area contributed by atoms with Crippen molar-refractivity contribution in [2.75, 3.05) is 0 Å². The van der Waals surface area contributed by atoms with Gasteiger partial charge in [0, 0.05) is 5.39 Å². The van der Waals surface area contributed by atoms with Crippen molar-refractivity contribution >= 4 is 22.0 Å². The summed E-state index contributed by atoms with van der Waals surface area (Å²) < 4.78 is 5.21. The van der Waals surface area contributed by atoms with E-state index in [0.717, 1.165) is 22.0 Å². The fourth-order valence-electron chi connectivity index (χ4n) is 1.33. The molecular formula is C8H5N3O. The zero-order valence-corrected chi connectivity index (χ0v) is 6.11. The average molecular weight is 159 g/mol. The highest BCUT2D eigenvalue weighted by Crippen LogP contribution is 2.21. The van der Waals surface area contributed by atoms with Crippen molar-refractivity contribution in [3.63, 3.8) is 0 Å². The Kier molecular flexibility index (Phi) is 0.889. The summed E-state index contributed by atoms with van der Waals surface area (Å²) in [4.78, 5) is 4.03. The Balaban J connectivity index is 2.71. The van der Waals surface area contributed by atoms with Crippen LogP contribution in [0.4, 0.5) is 0 Å². The van der Waals surface area contributed by atoms with Gasteiger partial charge in [-0.05, 0) is 12.1 Å². The van der Waals surface area contributed by atoms with Crippen molar-refractivity contribution in [3.8, 4) is 0 Å². The number of hydrogen-bond donors (Lipinski definition) is 1. The molecule has 4 heteroatoms. The van der Waals surface area contributed by atoms with Crippen LogP contribution in [0.25, 0.3) is 22.0 Å². The molecule has 0 unspecified atom stereocenters. The number of aromatic nitrogens is 3. The SMILES string of the molecule is c1nc2ccc3cn[nH]c3c2o1. The minimum absolute atomic E-state index is 0.769. The second-order valence-electron chi connectivity index (χ2n) is 2.60. The van der Waals surface area contributed by atoms with Crippen LogP contribution in [-0.2, 0) is 0 Å². The highest BCUT2D eigenvalue weighted by Gasteiger charge is 2.04. The van der Waals surface area contributed by atoms with E-state index in [-0.39, 0.29) is 0 Å². The third kappa shape index (κ3) is 0.567. The first-order valence-electron chi connectivity index (χ1n) is 3.60. The molecule has 3 rings (SSSR count). The van der Waals surface area contributed by atoms with E-state index in [9.17, 15) is 0 Å². The van der Waals surface area contributed by atoms with Crippen LogP contribution >= 0.6 is 0 Å². The molecule has 0 aliphatic carbocycles. The molecular weight excluding hydrogens is 154 g/mol. The number of nitrogens with one attached hydrogen (secondary N) is 1. The molecule has 0 atom stereocenters. The lowest BCUT2D eigenvalue weighted by Crippen LogP contribution is -1.70. The lowest BCUT2D eigenvalue weighted by Gasteiger charge is -1.87. The molecule has 2 heterocycles. The first-order valence-corrected chi connectivity index (χ1v) is 3.60. The fourth-order valence-corrected chi connectivity index (χ4v) is 1.33. The zero-order chi connectivity index (χ0) is 7.97. The molecule has 2 aromatic heterocycles. The predicted octanol–water partition coefficient (Wildman–Crippen LogP) is 1.70. The Bertz CT molecular complexity index is 487. The maximum absolute atomic E-state index is 5.21. The number of benzene rings is 1. The predicted molar refractivity (Wildman–Crippen MR) is 43.7 cm³/mol. The lowest BCUT2D eigenvalue weighted by atomic mass is 10.2. The smallest absolute Gasteiger partial charge is 0.182 e. The van der Waals surface area contributed by atoms with Gasteiger partial charge in [-0.15, -0.1) is 0 Å². The van der Waals surface area contributed by atoms with Crippen molar-refractivity contribution in [1.82, 2.24) is 15.2 Å². The van der Waals surface area contributed by atoms with Crippen LogP contribution in [0.15, 0.2) is 29.1 Å². The van der Waals surface area contributed by atoms with Gasteiger partial charge in [0.15, 0.2) is 12.0 Å². The molecule has 0 fully saturated rings. The Morgan fingerprint density at radius 3 is 3.33 bits per heavy atom. The van der Waals surface area contributed by atoms with Gasteiger partial charge in [-0.3, -0.25) is 5.10 Å². The second kappa shape index (κ2) is 1.85. The molecule has 0 bridgehead atoms. The molecule has 0 aliphatic heterocycles. The van der Waals surface area contributed by atoms with E-state index >= 15 is 0 Å². The van der Waals surface area contributed by atoms with Gasteiger partial charge in [-0.2, -0.15) is 5.10 Å². The molecule has 4 nitrogen and oxygen atoms in total. The molecule has 0 aliphatic rings. The highest BCUT2D eigenvalue weighted by atomic mass is 16.3. The molecule has 0 spiro atoms. The summed E-state index contributed by atoms with van der Waals surface area (Å²) in [7, 11) is 0. The topological polar surface area (TPSA) is 54.7 Å². The monoisotopic (exact) mass is 159 g/mol. The van der Waals surface area contributed by atoms with Crippen molar-refractivity contribution in [1.29, 1.82) is 0 Å². The third-order valence-electron chi connectivity index (χ3n) is 1.91. The zero-order valence-electron chi connectivity index (χ0n) is 6.11. The van der Waals surface area contributed by atoms with Crippen molar-refractivity contribution in [2.24, 2.45) is 0 Å². The van der Waals surface area contributed by atoms with E-state index < -0.39 is 0 Å². The number of nitrogens with zero attached hydrogens (tertiary/aromatic N) is 2. The van der Waals surface area contributed by atoms with Gasteiger partial charge in [0.1, 0.15) is 11.0 Å². The van der Waals surface area contributed by atoms with Crippen molar-refractivity contribution < 1.29 is 4.42 Å². The highest BCUT2D eigenvalue weighted by molar-refractivity contribution is 5.99. The molecule has 0 saturated carbocycles. The summed E-state index contributed by atoms with van der Waals surface area (Å²) in [6.07, 6.45) is 3.20. The molecule has 1 aromatic carbocycles. The second-order valence-corrected chi connectivity index (χ2v) is 2.60. The van der Waals surface area contributed by atoms with Crippen LogP contribution in [0.3, 0.4) is 0 Å². The number of fused-ring (bicyclic) bond motifs is 3. The summed E-state index contributed by atoms with van der Waals surface area (Å²) in [6.45, 7) is 0. The Labute approximate surface area is 67.2 Å². The van der Waals surface area contributed by atoms with Gasteiger partial charge >= 0.3 is 0 Å². The summed E-state index contributed by atoms with van der Waals surface area (Å²) in [5.74, 6) is 0. The molecule has 0 radical (unpaired) electrons. The van der Waals surface area contributed by atoms with Gasteiger partial charge in [0.25, 0.3) is 0 Å². The first-order chi connectivity index (χ1) is 5.95. The average Bonchev–Trinajstić information content (AvgIpc) is 2.71. The number of H-pyrrole nitrogens is 1. The first kappa shape index (κ1) is 5.77. The van der Waals surface area contributed by atoms with Gasteiger partial charge in [-0.1, -0.05) is 0 Å². The van der Waals surface area contributed by atoms with Crippen LogP contribution in [0.1, 0.15) is 0 Å². The maximum atomic E-state index is 5.21. The molecule has 1 N–H and O–H groups in total. The third-order valence-corrected chi connectivity index (χ3v) is 1.91. The normalized spacial score (nSPS) is 11.3. The van der Waals surface area contributed by atoms with E-state index in [1.54, 1.807) is 6.20 Å². The van der Waals surface area contributed by atoms with E-state index in [1.807, 2.05) is 12.1 Å².